The Balaban J connectivity index is 1.57. The van der Waals surface area contributed by atoms with Gasteiger partial charge in [0.25, 0.3) is 0 Å². The molecule has 0 saturated heterocycles. The zero-order valence-electron chi connectivity index (χ0n) is 13.3. The lowest BCUT2D eigenvalue weighted by Gasteiger charge is -2.06. The number of nitrogens with one attached hydrogen (secondary N) is 1. The van der Waals surface area contributed by atoms with E-state index in [0.29, 0.717) is 17.7 Å². The number of benzene rings is 2. The predicted molar refractivity (Wildman–Crippen MR) is 88.5 cm³/mol. The molecule has 6 heteroatoms. The van der Waals surface area contributed by atoms with E-state index in [1.54, 1.807) is 30.3 Å². The topological polar surface area (TPSA) is 55.1 Å². The molecular weight excluding hydrogens is 326 g/mol. The quantitative estimate of drug-likeness (QED) is 0.740. The van der Waals surface area contributed by atoms with Crippen molar-refractivity contribution in [1.82, 2.24) is 10.5 Å². The van der Waals surface area contributed by atoms with Crippen molar-refractivity contribution >= 4 is 5.91 Å². The van der Waals surface area contributed by atoms with Crippen LogP contribution in [0.3, 0.4) is 0 Å². The maximum absolute atomic E-state index is 13.5. The van der Waals surface area contributed by atoms with E-state index in [4.69, 9.17) is 4.52 Å². The van der Waals surface area contributed by atoms with E-state index in [2.05, 4.69) is 10.5 Å². The number of carbonyl (C=O) groups is 1. The van der Waals surface area contributed by atoms with Crippen molar-refractivity contribution in [3.8, 4) is 11.3 Å². The SMILES string of the molecule is O=C(CCc1conc1-c1ccc(F)cc1)NCc1ccccc1F. The summed E-state index contributed by atoms with van der Waals surface area (Å²) in [6.45, 7) is 0.139. The van der Waals surface area contributed by atoms with Gasteiger partial charge >= 0.3 is 0 Å². The molecule has 0 saturated carbocycles. The summed E-state index contributed by atoms with van der Waals surface area (Å²) >= 11 is 0. The van der Waals surface area contributed by atoms with Crippen molar-refractivity contribution < 1.29 is 18.1 Å². The van der Waals surface area contributed by atoms with Gasteiger partial charge in [-0.25, -0.2) is 8.78 Å². The van der Waals surface area contributed by atoms with Crippen LogP contribution < -0.4 is 5.32 Å². The van der Waals surface area contributed by atoms with Gasteiger partial charge in [-0.2, -0.15) is 0 Å². The number of halogens is 2. The molecule has 1 heterocycles. The van der Waals surface area contributed by atoms with E-state index in [1.807, 2.05) is 0 Å². The summed E-state index contributed by atoms with van der Waals surface area (Å²) in [6.07, 6.45) is 2.10. The summed E-state index contributed by atoms with van der Waals surface area (Å²) in [7, 11) is 0. The Labute approximate surface area is 143 Å². The number of hydrogen-bond acceptors (Lipinski definition) is 3. The van der Waals surface area contributed by atoms with Crippen molar-refractivity contribution in [3.05, 3.63) is 77.6 Å². The van der Waals surface area contributed by atoms with E-state index < -0.39 is 0 Å². The largest absolute Gasteiger partial charge is 0.364 e. The third kappa shape index (κ3) is 4.29. The Hall–Kier alpha value is -3.02. The van der Waals surface area contributed by atoms with Crippen LogP contribution in [-0.4, -0.2) is 11.1 Å². The van der Waals surface area contributed by atoms with Crippen LogP contribution in [-0.2, 0) is 17.8 Å². The van der Waals surface area contributed by atoms with Crippen LogP contribution in [0.5, 0.6) is 0 Å². The van der Waals surface area contributed by atoms with Gasteiger partial charge in [0.15, 0.2) is 0 Å². The summed E-state index contributed by atoms with van der Waals surface area (Å²) in [5.41, 5.74) is 2.50. The first kappa shape index (κ1) is 16.8. The van der Waals surface area contributed by atoms with Crippen LogP contribution in [0.1, 0.15) is 17.5 Å². The molecule has 0 spiro atoms. The van der Waals surface area contributed by atoms with Crippen LogP contribution in [0.25, 0.3) is 11.3 Å². The first-order valence-electron chi connectivity index (χ1n) is 7.83. The summed E-state index contributed by atoms with van der Waals surface area (Å²) < 4.78 is 31.5. The van der Waals surface area contributed by atoms with E-state index in [-0.39, 0.29) is 30.5 Å². The molecule has 1 aromatic heterocycles. The number of aromatic nitrogens is 1. The third-order valence-electron chi connectivity index (χ3n) is 3.82. The van der Waals surface area contributed by atoms with Gasteiger partial charge in [0.05, 0.1) is 0 Å². The lowest BCUT2D eigenvalue weighted by Crippen LogP contribution is -2.23. The maximum Gasteiger partial charge on any atom is 0.220 e. The zero-order valence-corrected chi connectivity index (χ0v) is 13.3. The molecule has 1 N–H and O–H groups in total. The van der Waals surface area contributed by atoms with Crippen LogP contribution in [0.15, 0.2) is 59.3 Å². The number of carbonyl (C=O) groups excluding carboxylic acids is 1. The van der Waals surface area contributed by atoms with Crippen molar-refractivity contribution in [3.63, 3.8) is 0 Å². The molecule has 0 aliphatic rings. The van der Waals surface area contributed by atoms with Crippen molar-refractivity contribution in [2.45, 2.75) is 19.4 Å². The highest BCUT2D eigenvalue weighted by atomic mass is 19.1. The fraction of sp³-hybridized carbons (Fsp3) is 0.158. The Bertz CT molecular complexity index is 860. The zero-order chi connectivity index (χ0) is 17.6. The number of aryl methyl sites for hydroxylation is 1. The van der Waals surface area contributed by atoms with Crippen LogP contribution >= 0.6 is 0 Å². The Kier molecular flexibility index (Phi) is 5.18. The van der Waals surface area contributed by atoms with Gasteiger partial charge in [0, 0.05) is 29.7 Å². The van der Waals surface area contributed by atoms with Gasteiger partial charge in [-0.3, -0.25) is 4.79 Å². The molecule has 0 aliphatic heterocycles. The summed E-state index contributed by atoms with van der Waals surface area (Å²) in [6, 6.07) is 12.2. The highest BCUT2D eigenvalue weighted by Crippen LogP contribution is 2.23. The summed E-state index contributed by atoms with van der Waals surface area (Å²) in [5.74, 6) is -0.878. The standard InChI is InChI=1S/C19H16F2N2O2/c20-16-8-5-13(6-9-16)19-15(12-25-23-19)7-10-18(24)22-11-14-3-1-2-4-17(14)21/h1-6,8-9,12H,7,10-11H2,(H,22,24). The number of rotatable bonds is 6. The normalized spacial score (nSPS) is 10.6. The fourth-order valence-electron chi connectivity index (χ4n) is 2.45. The average Bonchev–Trinajstić information content (AvgIpc) is 3.08. The molecule has 2 aromatic carbocycles. The second-order valence-corrected chi connectivity index (χ2v) is 5.56. The molecule has 3 aromatic rings. The second-order valence-electron chi connectivity index (χ2n) is 5.56. The van der Waals surface area contributed by atoms with Crippen LogP contribution in [0.4, 0.5) is 8.78 Å². The van der Waals surface area contributed by atoms with E-state index in [1.165, 1.54) is 24.5 Å². The molecule has 4 nitrogen and oxygen atoms in total. The molecule has 0 bridgehead atoms. The van der Waals surface area contributed by atoms with Crippen molar-refractivity contribution in [1.29, 1.82) is 0 Å². The molecule has 128 valence electrons. The lowest BCUT2D eigenvalue weighted by atomic mass is 10.0. The molecule has 25 heavy (non-hydrogen) atoms. The lowest BCUT2D eigenvalue weighted by molar-refractivity contribution is -0.121. The fourth-order valence-corrected chi connectivity index (χ4v) is 2.45. The minimum atomic E-state index is -0.347. The van der Waals surface area contributed by atoms with E-state index >= 15 is 0 Å². The Morgan fingerprint density at radius 3 is 2.56 bits per heavy atom. The third-order valence-corrected chi connectivity index (χ3v) is 3.82. The first-order valence-corrected chi connectivity index (χ1v) is 7.83. The number of nitrogens with zero attached hydrogens (tertiary/aromatic N) is 1. The summed E-state index contributed by atoms with van der Waals surface area (Å²) in [4.78, 5) is 12.0. The van der Waals surface area contributed by atoms with Crippen LogP contribution in [0, 0.1) is 11.6 Å². The van der Waals surface area contributed by atoms with Gasteiger partial charge in [-0.15, -0.1) is 0 Å². The van der Waals surface area contributed by atoms with E-state index in [0.717, 1.165) is 11.1 Å². The maximum atomic E-state index is 13.5. The van der Waals surface area contributed by atoms with Crippen molar-refractivity contribution in [2.75, 3.05) is 0 Å². The van der Waals surface area contributed by atoms with Gasteiger partial charge < -0.3 is 9.84 Å². The molecule has 0 radical (unpaired) electrons. The summed E-state index contributed by atoms with van der Waals surface area (Å²) in [5, 5.41) is 6.61. The van der Waals surface area contributed by atoms with Gasteiger partial charge in [0.2, 0.25) is 5.91 Å². The minimum absolute atomic E-state index is 0.139. The molecule has 3 rings (SSSR count). The molecule has 0 fully saturated rings. The molecular formula is C19H16F2N2O2. The number of amides is 1. The van der Waals surface area contributed by atoms with Crippen molar-refractivity contribution in [2.24, 2.45) is 0 Å². The first-order chi connectivity index (χ1) is 12.1. The molecule has 1 amide bonds. The minimum Gasteiger partial charge on any atom is -0.364 e. The molecule has 0 atom stereocenters. The van der Waals surface area contributed by atoms with Gasteiger partial charge in [-0.05, 0) is 36.8 Å². The second kappa shape index (κ2) is 7.70. The Morgan fingerprint density at radius 1 is 1.04 bits per heavy atom. The molecule has 0 aliphatic carbocycles. The monoisotopic (exact) mass is 342 g/mol. The highest BCUT2D eigenvalue weighted by Gasteiger charge is 2.12. The number of hydrogen-bond donors (Lipinski definition) is 1. The van der Waals surface area contributed by atoms with E-state index in [9.17, 15) is 13.6 Å². The highest BCUT2D eigenvalue weighted by molar-refractivity contribution is 5.76. The predicted octanol–water partition coefficient (Wildman–Crippen LogP) is 3.87. The van der Waals surface area contributed by atoms with Gasteiger partial charge in [-0.1, -0.05) is 23.4 Å². The van der Waals surface area contributed by atoms with Gasteiger partial charge in [0.1, 0.15) is 23.6 Å². The smallest absolute Gasteiger partial charge is 0.220 e. The molecule has 0 unspecified atom stereocenters. The van der Waals surface area contributed by atoms with Crippen LogP contribution in [0.2, 0.25) is 0 Å². The average molecular weight is 342 g/mol. The Morgan fingerprint density at radius 2 is 1.80 bits per heavy atom.